The molecule has 2 N–H and O–H groups in total. The number of hydrogen-bond donors (Lipinski definition) is 2. The molecule has 0 radical (unpaired) electrons. The lowest BCUT2D eigenvalue weighted by atomic mass is 10.3. The van der Waals surface area contributed by atoms with Gasteiger partial charge in [-0.2, -0.15) is 0 Å². The van der Waals surface area contributed by atoms with Crippen molar-refractivity contribution in [3.63, 3.8) is 0 Å². The van der Waals surface area contributed by atoms with Crippen LogP contribution < -0.4 is 0 Å². The minimum Gasteiger partial charge on any atom is -0.395 e. The Morgan fingerprint density at radius 2 is 1.25 bits per heavy atom. The maximum atomic E-state index is 8.31. The third kappa shape index (κ3) is 2.72. The van der Waals surface area contributed by atoms with E-state index in [0.29, 0.717) is 0 Å². The van der Waals surface area contributed by atoms with Gasteiger partial charge in [0.05, 0.1) is 24.0 Å². The van der Waals surface area contributed by atoms with Gasteiger partial charge in [-0.25, -0.2) is 0 Å². The van der Waals surface area contributed by atoms with Crippen LogP contribution in [-0.2, 0) is 0 Å². The van der Waals surface area contributed by atoms with Gasteiger partial charge < -0.3 is 10.2 Å². The van der Waals surface area contributed by atoms with Crippen molar-refractivity contribution in [2.24, 2.45) is 0 Å². The second-order valence-electron chi connectivity index (χ2n) is 1.40. The molecule has 0 aliphatic carbocycles. The van der Waals surface area contributed by atoms with Gasteiger partial charge in [0.2, 0.25) is 0 Å². The largest absolute Gasteiger partial charge is 0.395 e. The van der Waals surface area contributed by atoms with Crippen LogP contribution >= 0.6 is 23.2 Å². The Morgan fingerprint density at radius 1 is 1.00 bits per heavy atom. The molecule has 0 rings (SSSR count). The van der Waals surface area contributed by atoms with Crippen molar-refractivity contribution in [3.05, 3.63) is 0 Å². The van der Waals surface area contributed by atoms with Crippen LogP contribution in [-0.4, -0.2) is 34.2 Å². The molecule has 50 valence electrons. The highest BCUT2D eigenvalue weighted by atomic mass is 35.5. The minimum atomic E-state index is -0.540. The van der Waals surface area contributed by atoms with Crippen LogP contribution in [0.4, 0.5) is 0 Å². The second-order valence-corrected chi connectivity index (χ2v) is 2.52. The van der Waals surface area contributed by atoms with Gasteiger partial charge in [0.15, 0.2) is 0 Å². The van der Waals surface area contributed by atoms with E-state index in [1.54, 1.807) is 0 Å². The first-order chi connectivity index (χ1) is 3.72. The Morgan fingerprint density at radius 3 is 1.38 bits per heavy atom. The predicted octanol–water partition coefficient (Wildman–Crippen LogP) is 0.186. The third-order valence-corrected chi connectivity index (χ3v) is 1.75. The quantitative estimate of drug-likeness (QED) is 0.577. The second kappa shape index (κ2) is 4.39. The Bertz CT molecular complexity index is 52.0. The van der Waals surface area contributed by atoms with Crippen molar-refractivity contribution in [2.75, 3.05) is 13.2 Å². The zero-order chi connectivity index (χ0) is 6.57. The van der Waals surface area contributed by atoms with Gasteiger partial charge in [-0.3, -0.25) is 0 Å². The van der Waals surface area contributed by atoms with Crippen LogP contribution in [0.3, 0.4) is 0 Å². The van der Waals surface area contributed by atoms with Crippen molar-refractivity contribution in [3.8, 4) is 0 Å². The molecule has 0 unspecified atom stereocenters. The van der Waals surface area contributed by atoms with E-state index < -0.39 is 10.8 Å². The molecule has 0 aliphatic rings. The van der Waals surface area contributed by atoms with E-state index in [2.05, 4.69) is 0 Å². The fraction of sp³-hybridized carbons (Fsp3) is 1.00. The van der Waals surface area contributed by atoms with E-state index >= 15 is 0 Å². The topological polar surface area (TPSA) is 40.5 Å². The molecule has 4 heteroatoms. The van der Waals surface area contributed by atoms with Crippen molar-refractivity contribution in [1.82, 2.24) is 0 Å². The van der Waals surface area contributed by atoms with Crippen molar-refractivity contribution < 1.29 is 10.2 Å². The maximum Gasteiger partial charge on any atom is 0.0752 e. The highest BCUT2D eigenvalue weighted by Crippen LogP contribution is 2.07. The van der Waals surface area contributed by atoms with E-state index in [4.69, 9.17) is 33.4 Å². The summed E-state index contributed by atoms with van der Waals surface area (Å²) in [7, 11) is 0. The third-order valence-electron chi connectivity index (χ3n) is 0.741. The van der Waals surface area contributed by atoms with Crippen LogP contribution in [0.25, 0.3) is 0 Å². The molecule has 0 aliphatic heterocycles. The number of rotatable bonds is 3. The first kappa shape index (κ1) is 8.50. The molecule has 0 aromatic rings. The molecule has 0 spiro atoms. The molecule has 0 aromatic heterocycles. The van der Waals surface area contributed by atoms with E-state index in [-0.39, 0.29) is 13.2 Å². The standard InChI is InChI=1S/C4H8Cl2O2/c5-3(1-7)4(6)2-8/h3-4,7-8H,1-2H2/t3-,4-/m1/s1. The van der Waals surface area contributed by atoms with Gasteiger partial charge >= 0.3 is 0 Å². The van der Waals surface area contributed by atoms with E-state index in [0.717, 1.165) is 0 Å². The molecular formula is C4H8Cl2O2. The van der Waals surface area contributed by atoms with Gasteiger partial charge in [-0.05, 0) is 0 Å². The highest BCUT2D eigenvalue weighted by molar-refractivity contribution is 6.30. The van der Waals surface area contributed by atoms with E-state index in [1.165, 1.54) is 0 Å². The summed E-state index contributed by atoms with van der Waals surface area (Å²) in [5.41, 5.74) is 0. The lowest BCUT2D eigenvalue weighted by Crippen LogP contribution is -2.22. The van der Waals surface area contributed by atoms with Crippen molar-refractivity contribution in [2.45, 2.75) is 10.8 Å². The summed E-state index contributed by atoms with van der Waals surface area (Å²) < 4.78 is 0. The van der Waals surface area contributed by atoms with Gasteiger partial charge in [0, 0.05) is 0 Å². The Labute approximate surface area is 58.0 Å². The molecule has 0 fully saturated rings. The summed E-state index contributed by atoms with van der Waals surface area (Å²) in [4.78, 5) is 0. The van der Waals surface area contributed by atoms with Crippen LogP contribution in [0.1, 0.15) is 0 Å². The zero-order valence-electron chi connectivity index (χ0n) is 4.22. The van der Waals surface area contributed by atoms with E-state index in [1.807, 2.05) is 0 Å². The van der Waals surface area contributed by atoms with Gasteiger partial charge in [-0.15, -0.1) is 23.2 Å². The number of halogens is 2. The highest BCUT2D eigenvalue weighted by Gasteiger charge is 2.13. The summed E-state index contributed by atoms with van der Waals surface area (Å²) in [5.74, 6) is 0. The summed E-state index contributed by atoms with van der Waals surface area (Å²) >= 11 is 10.7. The first-order valence-corrected chi connectivity index (χ1v) is 3.09. The molecule has 0 bridgehead atoms. The van der Waals surface area contributed by atoms with Gasteiger partial charge in [0.25, 0.3) is 0 Å². The fourth-order valence-corrected chi connectivity index (χ4v) is 0.388. The van der Waals surface area contributed by atoms with E-state index in [9.17, 15) is 0 Å². The summed E-state index contributed by atoms with van der Waals surface area (Å²) in [6.07, 6.45) is 0. The Hall–Kier alpha value is 0.500. The van der Waals surface area contributed by atoms with Crippen LogP contribution in [0.2, 0.25) is 0 Å². The summed E-state index contributed by atoms with van der Waals surface area (Å²) in [6.45, 7) is -0.396. The monoisotopic (exact) mass is 158 g/mol. The molecule has 8 heavy (non-hydrogen) atoms. The number of hydrogen-bond acceptors (Lipinski definition) is 2. The lowest BCUT2D eigenvalue weighted by Gasteiger charge is -2.08. The van der Waals surface area contributed by atoms with Crippen LogP contribution in [0, 0.1) is 0 Å². The van der Waals surface area contributed by atoms with Gasteiger partial charge in [-0.1, -0.05) is 0 Å². The number of aliphatic hydroxyl groups is 2. The Balaban J connectivity index is 3.29. The molecule has 0 saturated carbocycles. The SMILES string of the molecule is OC[C@@H](Cl)[C@H](Cl)CO. The number of aliphatic hydroxyl groups excluding tert-OH is 2. The van der Waals surface area contributed by atoms with Gasteiger partial charge in [0.1, 0.15) is 0 Å². The average Bonchev–Trinajstić information content (AvgIpc) is 1.84. The van der Waals surface area contributed by atoms with Crippen LogP contribution in [0.5, 0.6) is 0 Å². The molecule has 2 atom stereocenters. The maximum absolute atomic E-state index is 8.31. The lowest BCUT2D eigenvalue weighted by molar-refractivity contribution is 0.249. The summed E-state index contributed by atoms with van der Waals surface area (Å²) in [6, 6.07) is 0. The molecule has 0 saturated heterocycles. The average molecular weight is 159 g/mol. The molecule has 0 aromatic carbocycles. The minimum absolute atomic E-state index is 0.198. The smallest absolute Gasteiger partial charge is 0.0752 e. The predicted molar refractivity (Wildman–Crippen MR) is 33.5 cm³/mol. The molecule has 2 nitrogen and oxygen atoms in total. The summed E-state index contributed by atoms with van der Waals surface area (Å²) in [5, 5.41) is 15.5. The fourth-order valence-electron chi connectivity index (χ4n) is 0.229. The zero-order valence-corrected chi connectivity index (χ0v) is 5.73. The Kier molecular flexibility index (Phi) is 4.66. The first-order valence-electron chi connectivity index (χ1n) is 2.22. The number of alkyl halides is 2. The normalized spacial score (nSPS) is 18.0. The molecule has 0 amide bonds. The van der Waals surface area contributed by atoms with Crippen LogP contribution in [0.15, 0.2) is 0 Å². The van der Waals surface area contributed by atoms with Crippen molar-refractivity contribution >= 4 is 23.2 Å². The van der Waals surface area contributed by atoms with Crippen molar-refractivity contribution in [1.29, 1.82) is 0 Å². The molecule has 0 heterocycles. The molecular weight excluding hydrogens is 151 g/mol.